The number of nitrogens with two attached hydrogens (primary N) is 2. The van der Waals surface area contributed by atoms with E-state index in [1.165, 1.54) is 34.1 Å². The highest BCUT2D eigenvalue weighted by Crippen LogP contribution is 2.48. The molecule has 0 radical (unpaired) electrons. The van der Waals surface area contributed by atoms with Gasteiger partial charge < -0.3 is 35.5 Å². The Hall–Kier alpha value is -2.79. The lowest BCUT2D eigenvalue weighted by molar-refractivity contribution is -0.0443. The molecule has 0 aliphatic carbocycles. The molecular weight excluding hydrogens is 814 g/mol. The van der Waals surface area contributed by atoms with Crippen LogP contribution in [0.2, 0.25) is 19.6 Å². The highest BCUT2D eigenvalue weighted by Gasteiger charge is 2.31. The van der Waals surface area contributed by atoms with Crippen LogP contribution < -0.4 is 11.5 Å². The van der Waals surface area contributed by atoms with Crippen LogP contribution >= 0.6 is 30.9 Å². The Bertz CT molecular complexity index is 1690. The van der Waals surface area contributed by atoms with Crippen molar-refractivity contribution in [2.75, 3.05) is 37.4 Å². The Balaban J connectivity index is 0.000000450. The van der Waals surface area contributed by atoms with Gasteiger partial charge in [-0.15, -0.1) is 15.3 Å². The third-order valence-electron chi connectivity index (χ3n) is 5.71. The van der Waals surface area contributed by atoms with Gasteiger partial charge >= 0.3 is 15.6 Å². The molecule has 0 saturated carbocycles. The molecule has 18 nitrogen and oxygen atoms in total. The molecule has 26 heteroatoms. The van der Waals surface area contributed by atoms with E-state index >= 15 is 0 Å². The SMILES string of the molecule is CCOP(=O)(CO[C@H](Cc1cnn2c(N)ncnc12)C(F)F)OCC.C[Si](C)(C)Br.Nc1ncnc2c(C[C@@H](OC[P+](=O)O)C(F)F)cnn12.O. The lowest BCUT2D eigenvalue weighted by Crippen LogP contribution is -2.26. The molecule has 0 bridgehead atoms. The maximum atomic E-state index is 13.3. The Kier molecular flexibility index (Phi) is 19.6. The number of aromatic nitrogens is 8. The number of rotatable bonds is 16. The molecule has 0 saturated heterocycles. The summed E-state index contributed by atoms with van der Waals surface area (Å²) in [6, 6.07) is 0. The summed E-state index contributed by atoms with van der Waals surface area (Å²) < 4.78 is 97.6. The summed E-state index contributed by atoms with van der Waals surface area (Å²) >= 11 is 3.51. The van der Waals surface area contributed by atoms with Crippen molar-refractivity contribution in [3.8, 4) is 0 Å². The van der Waals surface area contributed by atoms with Crippen LogP contribution in [-0.4, -0.2) is 107 Å². The molecule has 0 amide bonds. The first-order chi connectivity index (χ1) is 23.4. The van der Waals surface area contributed by atoms with E-state index in [1.54, 1.807) is 13.8 Å². The quantitative estimate of drug-likeness (QED) is 0.0620. The number of nitrogens with zero attached hydrogens (tertiary/aromatic N) is 8. The van der Waals surface area contributed by atoms with Gasteiger partial charge in [-0.25, -0.2) is 37.5 Å². The second-order valence-electron chi connectivity index (χ2n) is 10.9. The normalized spacial score (nSPS) is 13.3. The van der Waals surface area contributed by atoms with Crippen LogP contribution in [0.25, 0.3) is 11.3 Å². The maximum absolute atomic E-state index is 13.3. The predicted molar refractivity (Wildman–Crippen MR) is 186 cm³/mol. The van der Waals surface area contributed by atoms with Gasteiger partial charge in [-0.2, -0.15) is 24.1 Å². The van der Waals surface area contributed by atoms with Crippen molar-refractivity contribution in [2.24, 2.45) is 0 Å². The Morgan fingerprint density at radius 2 is 1.25 bits per heavy atom. The van der Waals surface area contributed by atoms with Crippen LogP contribution in [0, 0.1) is 0 Å². The maximum Gasteiger partial charge on any atom is 0.534 e. The molecule has 0 aliphatic rings. The fourth-order valence-electron chi connectivity index (χ4n) is 3.77. The van der Waals surface area contributed by atoms with E-state index < -0.39 is 60.1 Å². The van der Waals surface area contributed by atoms with Crippen molar-refractivity contribution in [3.63, 3.8) is 0 Å². The van der Waals surface area contributed by atoms with Crippen molar-refractivity contribution in [1.82, 2.24) is 39.2 Å². The molecule has 0 fully saturated rings. The lowest BCUT2D eigenvalue weighted by atomic mass is 10.1. The van der Waals surface area contributed by atoms with E-state index in [2.05, 4.69) is 65.1 Å². The Labute approximate surface area is 299 Å². The van der Waals surface area contributed by atoms with E-state index in [0.29, 0.717) is 22.4 Å². The molecule has 4 aromatic heterocycles. The fourth-order valence-corrected chi connectivity index (χ4v) is 5.48. The molecule has 288 valence electrons. The Morgan fingerprint density at radius 1 is 0.863 bits per heavy atom. The zero-order valence-corrected chi connectivity index (χ0v) is 32.6. The highest BCUT2D eigenvalue weighted by atomic mass is 79.9. The van der Waals surface area contributed by atoms with Crippen molar-refractivity contribution >= 4 is 60.8 Å². The first-order valence-electron chi connectivity index (χ1n) is 14.7. The molecule has 0 aromatic carbocycles. The molecule has 7 N–H and O–H groups in total. The summed E-state index contributed by atoms with van der Waals surface area (Å²) in [6.07, 6.45) is -5.20. The number of hydrogen-bond donors (Lipinski definition) is 3. The average Bonchev–Trinajstić information content (AvgIpc) is 3.62. The monoisotopic (exact) mass is 855 g/mol. The summed E-state index contributed by atoms with van der Waals surface area (Å²) in [5, 5.41) is 7.85. The number of alkyl halides is 4. The van der Waals surface area contributed by atoms with Gasteiger partial charge in [0.15, 0.2) is 11.3 Å². The van der Waals surface area contributed by atoms with Crippen molar-refractivity contribution < 1.29 is 55.6 Å². The Morgan fingerprint density at radius 3 is 1.61 bits per heavy atom. The molecule has 4 heterocycles. The van der Waals surface area contributed by atoms with Crippen molar-refractivity contribution in [1.29, 1.82) is 0 Å². The fraction of sp³-hybridized carbons (Fsp3) is 0.600. The third kappa shape index (κ3) is 15.8. The number of ether oxygens (including phenoxy) is 2. The number of hydrogen-bond acceptors (Lipinski definition) is 14. The molecule has 3 atom stereocenters. The molecule has 0 spiro atoms. The molecule has 1 unspecified atom stereocenters. The number of nitrogen functional groups attached to an aromatic ring is 2. The summed E-state index contributed by atoms with van der Waals surface area (Å²) in [6.45, 7) is 9.41. The van der Waals surface area contributed by atoms with Crippen LogP contribution in [0.3, 0.4) is 0 Å². The van der Waals surface area contributed by atoms with Gasteiger partial charge in [-0.1, -0.05) is 19.6 Å². The minimum absolute atomic E-state index is 0. The molecular formula is C25H42BrF4N10O8P2Si+. The van der Waals surface area contributed by atoms with E-state index in [-0.39, 0.29) is 43.4 Å². The topological polar surface area (TPSA) is 261 Å². The molecule has 0 aliphatic heterocycles. The van der Waals surface area contributed by atoms with Crippen molar-refractivity contribution in [2.45, 2.75) is 71.4 Å². The van der Waals surface area contributed by atoms with Gasteiger partial charge in [0, 0.05) is 24.0 Å². The summed E-state index contributed by atoms with van der Waals surface area (Å²) in [5.41, 5.74) is 12.6. The minimum Gasteiger partial charge on any atom is -0.412 e. The second-order valence-corrected chi connectivity index (χ2v) is 25.1. The van der Waals surface area contributed by atoms with Gasteiger partial charge in [0.05, 0.1) is 25.6 Å². The largest absolute Gasteiger partial charge is 0.534 e. The first-order valence-corrected chi connectivity index (χ1v) is 23.6. The van der Waals surface area contributed by atoms with E-state index in [4.69, 9.17) is 34.9 Å². The van der Waals surface area contributed by atoms with Crippen LogP contribution in [0.15, 0.2) is 25.0 Å². The zero-order chi connectivity index (χ0) is 37.6. The second kappa shape index (κ2) is 21.7. The smallest absolute Gasteiger partial charge is 0.412 e. The van der Waals surface area contributed by atoms with Crippen LogP contribution in [0.4, 0.5) is 29.5 Å². The molecule has 51 heavy (non-hydrogen) atoms. The van der Waals surface area contributed by atoms with Crippen LogP contribution in [0.1, 0.15) is 25.0 Å². The van der Waals surface area contributed by atoms with Gasteiger partial charge in [0.1, 0.15) is 37.9 Å². The first kappa shape index (κ1) is 46.2. The number of halogens is 5. The van der Waals surface area contributed by atoms with E-state index in [1.807, 2.05) is 0 Å². The third-order valence-corrected chi connectivity index (χ3v) is 7.85. The summed E-state index contributed by atoms with van der Waals surface area (Å²) in [4.78, 5) is 24.0. The van der Waals surface area contributed by atoms with E-state index in [0.717, 1.165) is 0 Å². The molecule has 4 rings (SSSR count). The summed E-state index contributed by atoms with van der Waals surface area (Å²) in [5.74, 6) is 0.164. The van der Waals surface area contributed by atoms with Gasteiger partial charge in [-0.3, -0.25) is 4.57 Å². The van der Waals surface area contributed by atoms with E-state index in [9.17, 15) is 26.7 Å². The average molecular weight is 857 g/mol. The number of fused-ring (bicyclic) bond motifs is 2. The number of anilines is 2. The molecule has 4 aromatic rings. The standard InChI is InChI=1S/C13H20F2N5O4P.C9H10F2N5O3P.C3H9BrSi.H2O/c1-3-23-25(21,24-4-2)8-22-10(11(14)15)5-9-6-19-20-12(9)17-7-18-13(20)16;10-7(11)6(19-4-20(17)18)1-5-2-15-16-8(5)13-3-14-9(16)12;1-5(2,3)4;/h6-7,10-11H,3-5,8H2,1-2H3,(H2,16,17,18);2-3,6-7H,1,4H2,(H2-,12,13,14,17,18);1-3H3;1H2/p+1/t10-;6-;;/m11../s1. The van der Waals surface area contributed by atoms with Crippen LogP contribution in [-0.2, 0) is 40.5 Å². The minimum atomic E-state index is -3.58. The van der Waals surface area contributed by atoms with Crippen LogP contribution in [0.5, 0.6) is 0 Å². The van der Waals surface area contributed by atoms with Gasteiger partial charge in [0.2, 0.25) is 11.9 Å². The summed E-state index contributed by atoms with van der Waals surface area (Å²) in [7, 11) is -6.21. The highest BCUT2D eigenvalue weighted by molar-refractivity contribution is 9.26. The lowest BCUT2D eigenvalue weighted by Gasteiger charge is -2.21. The van der Waals surface area contributed by atoms with Crippen molar-refractivity contribution in [3.05, 3.63) is 36.2 Å². The zero-order valence-electron chi connectivity index (χ0n) is 28.3. The van der Waals surface area contributed by atoms with Gasteiger partial charge in [0.25, 0.3) is 19.2 Å². The predicted octanol–water partition coefficient (Wildman–Crippen LogP) is 4.11. The van der Waals surface area contributed by atoms with Gasteiger partial charge in [-0.05, 0) is 18.4 Å².